The van der Waals surface area contributed by atoms with E-state index in [0.717, 1.165) is 10.9 Å². The van der Waals surface area contributed by atoms with Gasteiger partial charge in [0, 0.05) is 6.54 Å². The molecule has 0 bridgehead atoms. The molecule has 11 nitrogen and oxygen atoms in total. The Morgan fingerprint density at radius 3 is 2.75 bits per heavy atom. The zero-order chi connectivity index (χ0) is 17.4. The molecule has 0 spiro atoms. The summed E-state index contributed by atoms with van der Waals surface area (Å²) in [4.78, 5) is 34.6. The first-order valence-corrected chi connectivity index (χ1v) is 7.35. The minimum Gasteiger partial charge on any atom is -0.394 e. The van der Waals surface area contributed by atoms with Gasteiger partial charge in [-0.1, -0.05) is 0 Å². The normalized spacial score (nSPS) is 26.8. The fourth-order valence-corrected chi connectivity index (χ4v) is 2.65. The molecule has 11 heteroatoms. The van der Waals surface area contributed by atoms with Gasteiger partial charge in [-0.2, -0.15) is 4.98 Å². The zero-order valence-electron chi connectivity index (χ0n) is 12.7. The molecule has 1 aliphatic rings. The summed E-state index contributed by atoms with van der Waals surface area (Å²) in [5.74, 6) is -0.00166. The van der Waals surface area contributed by atoms with Gasteiger partial charge in [-0.05, 0) is 6.92 Å². The van der Waals surface area contributed by atoms with E-state index in [2.05, 4.69) is 20.3 Å². The van der Waals surface area contributed by atoms with Crippen LogP contribution >= 0.6 is 0 Å². The molecule has 24 heavy (non-hydrogen) atoms. The number of rotatable bonds is 4. The molecule has 0 amide bonds. The fraction of sp³-hybridized carbons (Fsp3) is 0.538. The number of anilines is 1. The van der Waals surface area contributed by atoms with E-state index in [-0.39, 0.29) is 17.0 Å². The van der Waals surface area contributed by atoms with E-state index < -0.39 is 42.3 Å². The average Bonchev–Trinajstić information content (AvgIpc) is 3.07. The van der Waals surface area contributed by atoms with Gasteiger partial charge in [0.1, 0.15) is 23.8 Å². The van der Waals surface area contributed by atoms with Crippen molar-refractivity contribution in [3.63, 3.8) is 0 Å². The predicted octanol–water partition coefficient (Wildman–Crippen LogP) is -2.48. The number of imidazole rings is 1. The van der Waals surface area contributed by atoms with Crippen LogP contribution in [0.4, 0.5) is 5.95 Å². The molecule has 0 saturated carbocycles. The molecule has 0 aliphatic carbocycles. The molecule has 0 unspecified atom stereocenters. The quantitative estimate of drug-likeness (QED) is 0.406. The van der Waals surface area contributed by atoms with Gasteiger partial charge in [0.2, 0.25) is 5.95 Å². The number of ether oxygens (including phenoxy) is 1. The minimum atomic E-state index is -1.40. The number of hydrogen-bond acceptors (Lipinski definition) is 9. The smallest absolute Gasteiger partial charge is 0.301 e. The van der Waals surface area contributed by atoms with Crippen LogP contribution in [0.25, 0.3) is 11.0 Å². The first kappa shape index (κ1) is 16.5. The lowest BCUT2D eigenvalue weighted by atomic mass is 10.1. The maximum absolute atomic E-state index is 12.4. The molecular weight excluding hydrogens is 322 g/mol. The Kier molecular flexibility index (Phi) is 4.32. The second-order valence-corrected chi connectivity index (χ2v) is 5.33. The van der Waals surface area contributed by atoms with Crippen molar-refractivity contribution in [1.29, 1.82) is 0 Å². The van der Waals surface area contributed by atoms with E-state index in [0.29, 0.717) is 6.54 Å². The predicted molar refractivity (Wildman–Crippen MR) is 81.6 cm³/mol. The molecule has 0 aromatic carbocycles. The van der Waals surface area contributed by atoms with E-state index in [1.807, 2.05) is 0 Å². The third-order valence-corrected chi connectivity index (χ3v) is 3.79. The van der Waals surface area contributed by atoms with Crippen molar-refractivity contribution in [2.45, 2.75) is 31.5 Å². The molecule has 4 atom stereocenters. The first-order valence-electron chi connectivity index (χ1n) is 7.35. The van der Waals surface area contributed by atoms with Crippen LogP contribution in [0.3, 0.4) is 0 Å². The van der Waals surface area contributed by atoms with Crippen LogP contribution in [0, 0.1) is 0 Å². The Balaban J connectivity index is 2.18. The first-order chi connectivity index (χ1) is 11.5. The van der Waals surface area contributed by atoms with Crippen molar-refractivity contribution < 1.29 is 20.1 Å². The molecule has 1 aliphatic heterocycles. The largest absolute Gasteiger partial charge is 0.394 e. The fourth-order valence-electron chi connectivity index (χ4n) is 2.65. The Morgan fingerprint density at radius 2 is 2.12 bits per heavy atom. The molecule has 3 rings (SSSR count). The van der Waals surface area contributed by atoms with Crippen molar-refractivity contribution in [2.24, 2.45) is 0 Å². The Bertz CT molecular complexity index is 864. The second kappa shape index (κ2) is 6.28. The summed E-state index contributed by atoms with van der Waals surface area (Å²) in [6, 6.07) is 0. The maximum atomic E-state index is 12.4. The Labute approximate surface area is 134 Å². The van der Waals surface area contributed by atoms with Crippen LogP contribution in [-0.2, 0) is 4.74 Å². The highest BCUT2D eigenvalue weighted by atomic mass is 16.6. The molecule has 2 aromatic heterocycles. The molecule has 2 aromatic rings. The van der Waals surface area contributed by atoms with Crippen LogP contribution < -0.4 is 16.4 Å². The van der Waals surface area contributed by atoms with Crippen LogP contribution in [0.5, 0.6) is 0 Å². The lowest BCUT2D eigenvalue weighted by molar-refractivity contribution is -0.0509. The van der Waals surface area contributed by atoms with Crippen LogP contribution in [0.15, 0.2) is 15.9 Å². The molecule has 130 valence electrons. The molecule has 3 heterocycles. The summed E-state index contributed by atoms with van der Waals surface area (Å²) in [7, 11) is 0. The molecule has 1 saturated heterocycles. The van der Waals surface area contributed by atoms with Crippen molar-refractivity contribution in [3.05, 3.63) is 27.0 Å². The summed E-state index contributed by atoms with van der Waals surface area (Å²) in [5, 5.41) is 31.8. The average molecular weight is 339 g/mol. The van der Waals surface area contributed by atoms with Gasteiger partial charge in [0.25, 0.3) is 5.56 Å². The Morgan fingerprint density at radius 1 is 1.38 bits per heavy atom. The van der Waals surface area contributed by atoms with E-state index in [1.165, 1.54) is 0 Å². The van der Waals surface area contributed by atoms with Crippen molar-refractivity contribution in [3.8, 4) is 0 Å². The van der Waals surface area contributed by atoms with Crippen molar-refractivity contribution >= 4 is 17.0 Å². The third-order valence-electron chi connectivity index (χ3n) is 3.79. The number of aromatic nitrogens is 4. The van der Waals surface area contributed by atoms with Gasteiger partial charge in [-0.15, -0.1) is 0 Å². The van der Waals surface area contributed by atoms with E-state index >= 15 is 0 Å². The van der Waals surface area contributed by atoms with E-state index in [1.54, 1.807) is 6.92 Å². The monoisotopic (exact) mass is 339 g/mol. The number of nitrogens with zero attached hydrogens (tertiary/aromatic N) is 3. The van der Waals surface area contributed by atoms with Gasteiger partial charge in [0.05, 0.1) is 12.9 Å². The lowest BCUT2D eigenvalue weighted by Gasteiger charge is -2.16. The third kappa shape index (κ3) is 2.57. The standard InChI is InChI=1S/C13H17N5O6/c1-2-14-13-16-10(22)6-7(11(23)17-13)18(4-15-6)12-9(21)8(20)5(3-19)24-12/h4-5,8-9,12,19-21H,2-3H2,1H3,(H2,14,16,17,22,23)/t5-,8-,9-,12-/m1/s1. The summed E-state index contributed by atoms with van der Waals surface area (Å²) in [5.41, 5.74) is -1.74. The number of hydrogen-bond donors (Lipinski definition) is 5. The zero-order valence-corrected chi connectivity index (χ0v) is 12.7. The number of fused-ring (bicyclic) bond motifs is 1. The van der Waals surface area contributed by atoms with E-state index in [4.69, 9.17) is 9.84 Å². The topological polar surface area (TPSA) is 163 Å². The van der Waals surface area contributed by atoms with Crippen LogP contribution in [0.2, 0.25) is 0 Å². The number of aliphatic hydroxyl groups excluding tert-OH is 3. The second-order valence-electron chi connectivity index (χ2n) is 5.33. The van der Waals surface area contributed by atoms with Crippen LogP contribution in [-0.4, -0.2) is 66.3 Å². The number of nitrogens with one attached hydrogen (secondary N) is 2. The summed E-state index contributed by atoms with van der Waals surface area (Å²) < 4.78 is 6.52. The van der Waals surface area contributed by atoms with Gasteiger partial charge < -0.3 is 25.4 Å². The molecule has 0 radical (unpaired) electrons. The highest BCUT2D eigenvalue weighted by Crippen LogP contribution is 2.30. The highest BCUT2D eigenvalue weighted by Gasteiger charge is 2.44. The minimum absolute atomic E-state index is 0.00166. The van der Waals surface area contributed by atoms with Gasteiger partial charge >= 0.3 is 5.56 Å². The summed E-state index contributed by atoms with van der Waals surface area (Å²) in [6.45, 7) is 1.71. The van der Waals surface area contributed by atoms with Gasteiger partial charge in [-0.3, -0.25) is 19.1 Å². The van der Waals surface area contributed by atoms with Crippen LogP contribution in [0.1, 0.15) is 13.2 Å². The maximum Gasteiger partial charge on any atom is 0.301 e. The number of aliphatic hydroxyl groups is 3. The Hall–Kier alpha value is -2.34. The molecule has 1 fully saturated rings. The van der Waals surface area contributed by atoms with Crippen molar-refractivity contribution in [1.82, 2.24) is 19.5 Å². The number of aromatic amines is 1. The molecular formula is C13H17N5O6. The summed E-state index contributed by atoms with van der Waals surface area (Å²) in [6.07, 6.45) is -3.78. The van der Waals surface area contributed by atoms with Gasteiger partial charge in [-0.25, -0.2) is 4.98 Å². The molecule has 5 N–H and O–H groups in total. The SMILES string of the molecule is CCNc1nc(=O)c2ncn([C@@H]3O[C@H](CO)[C@@H](O)[C@H]3O)c2c(=O)[nH]1. The summed E-state index contributed by atoms with van der Waals surface area (Å²) >= 11 is 0. The van der Waals surface area contributed by atoms with E-state index in [9.17, 15) is 19.8 Å². The lowest BCUT2D eigenvalue weighted by Crippen LogP contribution is -2.33. The van der Waals surface area contributed by atoms with Gasteiger partial charge in [0.15, 0.2) is 11.7 Å². The number of H-pyrrole nitrogens is 1. The highest BCUT2D eigenvalue weighted by molar-refractivity contribution is 5.73. The van der Waals surface area contributed by atoms with Crippen molar-refractivity contribution in [2.75, 3.05) is 18.5 Å².